The fraction of sp³-hybridized carbons (Fsp3) is 0.722. The van der Waals surface area contributed by atoms with Crippen LogP contribution in [0.1, 0.15) is 84.0 Å². The van der Waals surface area contributed by atoms with Gasteiger partial charge in [-0.1, -0.05) is 71.1 Å². The highest BCUT2D eigenvalue weighted by Gasteiger charge is 2.14. The predicted octanol–water partition coefficient (Wildman–Crippen LogP) is 5.54. The second-order valence-corrected chi connectivity index (χ2v) is 5.92. The molecule has 0 rings (SSSR count). The van der Waals surface area contributed by atoms with E-state index in [9.17, 15) is 15.0 Å². The molecule has 0 aliphatic rings. The van der Waals surface area contributed by atoms with Gasteiger partial charge in [0.05, 0.1) is 0 Å². The van der Waals surface area contributed by atoms with Gasteiger partial charge in [-0.3, -0.25) is 0 Å². The molecule has 0 aliphatic carbocycles. The molecular formula is C18H32O5. The highest BCUT2D eigenvalue weighted by molar-refractivity contribution is 5.84. The van der Waals surface area contributed by atoms with Crippen LogP contribution in [0.2, 0.25) is 0 Å². The van der Waals surface area contributed by atoms with Gasteiger partial charge >= 0.3 is 5.97 Å². The predicted molar refractivity (Wildman–Crippen MR) is 91.7 cm³/mol. The molecule has 0 unspecified atom stereocenters. The summed E-state index contributed by atoms with van der Waals surface area (Å²) in [4.78, 5) is 10.4. The summed E-state index contributed by atoms with van der Waals surface area (Å²) in [6.07, 6.45) is 15.4. The van der Waals surface area contributed by atoms with Crippen LogP contribution in [0.4, 0.5) is 0 Å². The van der Waals surface area contributed by atoms with Crippen LogP contribution in [0.15, 0.2) is 23.4 Å². The standard InChI is InChI=1S/C18H32O5/c1-2-3-4-5-6-7-8-9-10-11-12-13-14-15(19)16(20)17(21)18(22)23/h14,19-21H,2-13H2,1H3,(H,22,23)/b15-14-,17-16-. The molecule has 5 heteroatoms. The van der Waals surface area contributed by atoms with Gasteiger partial charge in [-0.2, -0.15) is 0 Å². The maximum absolute atomic E-state index is 10.4. The van der Waals surface area contributed by atoms with Gasteiger partial charge in [0.25, 0.3) is 0 Å². The summed E-state index contributed by atoms with van der Waals surface area (Å²) in [7, 11) is 0. The molecule has 0 heterocycles. The number of carbonyl (C=O) groups is 1. The molecule has 0 aromatic carbocycles. The average molecular weight is 328 g/mol. The number of allylic oxidation sites excluding steroid dienone is 1. The molecule has 134 valence electrons. The van der Waals surface area contributed by atoms with Crippen LogP contribution < -0.4 is 0 Å². The molecule has 0 aliphatic heterocycles. The van der Waals surface area contributed by atoms with Crippen molar-refractivity contribution in [3.05, 3.63) is 23.4 Å². The molecule has 0 saturated heterocycles. The van der Waals surface area contributed by atoms with E-state index >= 15 is 0 Å². The summed E-state index contributed by atoms with van der Waals surface area (Å²) >= 11 is 0. The molecule has 0 amide bonds. The van der Waals surface area contributed by atoms with Crippen molar-refractivity contribution in [3.8, 4) is 0 Å². The lowest BCUT2D eigenvalue weighted by molar-refractivity contribution is -0.135. The SMILES string of the molecule is CCCCCCCCCCCCC/C=C(O)/C(O)=C(/O)C(=O)O. The number of unbranched alkanes of at least 4 members (excludes halogenated alkanes) is 11. The first-order chi connectivity index (χ1) is 11.0. The molecule has 0 bridgehead atoms. The van der Waals surface area contributed by atoms with E-state index in [1.54, 1.807) is 0 Å². The fourth-order valence-electron chi connectivity index (χ4n) is 2.37. The lowest BCUT2D eigenvalue weighted by Gasteiger charge is -2.02. The van der Waals surface area contributed by atoms with Gasteiger partial charge in [0, 0.05) is 0 Å². The summed E-state index contributed by atoms with van der Waals surface area (Å²) in [5.41, 5.74) is 0. The van der Waals surface area contributed by atoms with Gasteiger partial charge in [0.1, 0.15) is 0 Å². The molecule has 0 radical (unpaired) electrons. The number of aliphatic hydroxyl groups excluding tert-OH is 3. The van der Waals surface area contributed by atoms with E-state index in [0.29, 0.717) is 6.42 Å². The number of carboxylic acids is 1. The van der Waals surface area contributed by atoms with Crippen LogP contribution in [-0.4, -0.2) is 26.4 Å². The minimum Gasteiger partial charge on any atom is -0.504 e. The monoisotopic (exact) mass is 328 g/mol. The normalized spacial score (nSPS) is 13.0. The van der Waals surface area contributed by atoms with Crippen LogP contribution in [0.25, 0.3) is 0 Å². The minimum atomic E-state index is -1.67. The second-order valence-electron chi connectivity index (χ2n) is 5.92. The maximum atomic E-state index is 10.4. The molecule has 0 aromatic heterocycles. The summed E-state index contributed by atoms with van der Waals surface area (Å²) in [5.74, 6) is -4.48. The zero-order valence-electron chi connectivity index (χ0n) is 14.3. The molecule has 4 N–H and O–H groups in total. The fourth-order valence-corrected chi connectivity index (χ4v) is 2.37. The van der Waals surface area contributed by atoms with Crippen molar-refractivity contribution in [2.45, 2.75) is 84.0 Å². The first-order valence-corrected chi connectivity index (χ1v) is 8.75. The highest BCUT2D eigenvalue weighted by Crippen LogP contribution is 2.13. The van der Waals surface area contributed by atoms with Gasteiger partial charge in [-0.25, -0.2) is 4.79 Å². The van der Waals surface area contributed by atoms with Crippen molar-refractivity contribution in [1.82, 2.24) is 0 Å². The Morgan fingerprint density at radius 2 is 1.13 bits per heavy atom. The Morgan fingerprint density at radius 3 is 1.57 bits per heavy atom. The van der Waals surface area contributed by atoms with E-state index in [-0.39, 0.29) is 0 Å². The van der Waals surface area contributed by atoms with Gasteiger partial charge in [-0.15, -0.1) is 0 Å². The zero-order valence-corrected chi connectivity index (χ0v) is 14.3. The molecule has 0 spiro atoms. The number of hydrogen-bond acceptors (Lipinski definition) is 4. The van der Waals surface area contributed by atoms with Gasteiger partial charge < -0.3 is 20.4 Å². The van der Waals surface area contributed by atoms with Gasteiger partial charge in [0.2, 0.25) is 11.5 Å². The minimum absolute atomic E-state index is 0.541. The number of aliphatic carboxylic acids is 1. The number of carboxylic acid groups (broad SMARTS) is 1. The van der Waals surface area contributed by atoms with Crippen molar-refractivity contribution in [1.29, 1.82) is 0 Å². The molecule has 0 fully saturated rings. The van der Waals surface area contributed by atoms with E-state index in [2.05, 4.69) is 6.92 Å². The molecule has 0 atom stereocenters. The maximum Gasteiger partial charge on any atom is 0.375 e. The van der Waals surface area contributed by atoms with Crippen LogP contribution in [0.5, 0.6) is 0 Å². The lowest BCUT2D eigenvalue weighted by atomic mass is 10.1. The largest absolute Gasteiger partial charge is 0.504 e. The van der Waals surface area contributed by atoms with Gasteiger partial charge in [-0.05, 0) is 18.9 Å². The lowest BCUT2D eigenvalue weighted by Crippen LogP contribution is -2.05. The molecule has 0 aromatic rings. The van der Waals surface area contributed by atoms with Gasteiger partial charge in [0.15, 0.2) is 5.76 Å². The van der Waals surface area contributed by atoms with E-state index in [1.807, 2.05) is 0 Å². The Hall–Kier alpha value is -1.65. The summed E-state index contributed by atoms with van der Waals surface area (Å²) in [6, 6.07) is 0. The third-order valence-corrected chi connectivity index (χ3v) is 3.81. The summed E-state index contributed by atoms with van der Waals surface area (Å²) in [5, 5.41) is 36.1. The summed E-state index contributed by atoms with van der Waals surface area (Å²) in [6.45, 7) is 2.22. The Kier molecular flexibility index (Phi) is 13.0. The van der Waals surface area contributed by atoms with Crippen LogP contribution in [-0.2, 0) is 4.79 Å². The van der Waals surface area contributed by atoms with E-state index < -0.39 is 23.2 Å². The molecule has 0 saturated carbocycles. The van der Waals surface area contributed by atoms with Crippen molar-refractivity contribution in [2.24, 2.45) is 0 Å². The number of aliphatic hydroxyl groups is 3. The smallest absolute Gasteiger partial charge is 0.375 e. The highest BCUT2D eigenvalue weighted by atomic mass is 16.4. The molecule has 23 heavy (non-hydrogen) atoms. The quantitative estimate of drug-likeness (QED) is 0.145. The molecule has 5 nitrogen and oxygen atoms in total. The Labute approximate surface area is 139 Å². The second kappa shape index (κ2) is 14.0. The van der Waals surface area contributed by atoms with Crippen LogP contribution in [0, 0.1) is 0 Å². The zero-order chi connectivity index (χ0) is 17.5. The topological polar surface area (TPSA) is 98.0 Å². The third kappa shape index (κ3) is 11.6. The van der Waals surface area contributed by atoms with E-state index in [4.69, 9.17) is 10.2 Å². The first-order valence-electron chi connectivity index (χ1n) is 8.75. The van der Waals surface area contributed by atoms with Crippen LogP contribution >= 0.6 is 0 Å². The van der Waals surface area contributed by atoms with Crippen molar-refractivity contribution in [2.75, 3.05) is 0 Å². The summed E-state index contributed by atoms with van der Waals surface area (Å²) < 4.78 is 0. The van der Waals surface area contributed by atoms with Crippen LogP contribution in [0.3, 0.4) is 0 Å². The van der Waals surface area contributed by atoms with Crippen molar-refractivity contribution < 1.29 is 25.2 Å². The number of rotatable bonds is 14. The van der Waals surface area contributed by atoms with E-state index in [1.165, 1.54) is 57.4 Å². The van der Waals surface area contributed by atoms with Crippen molar-refractivity contribution >= 4 is 5.97 Å². The Balaban J connectivity index is 3.60. The Bertz CT molecular complexity index is 385. The third-order valence-electron chi connectivity index (χ3n) is 3.81. The number of hydrogen-bond donors (Lipinski definition) is 4. The molecular weight excluding hydrogens is 296 g/mol. The average Bonchev–Trinajstić information content (AvgIpc) is 2.54. The first kappa shape index (κ1) is 21.4. The van der Waals surface area contributed by atoms with E-state index in [0.717, 1.165) is 19.3 Å². The van der Waals surface area contributed by atoms with Crippen molar-refractivity contribution in [3.63, 3.8) is 0 Å². The Morgan fingerprint density at radius 1 is 0.696 bits per heavy atom.